The molecule has 1 aromatic heterocycles. The number of carbonyl (C=O) groups is 1. The Morgan fingerprint density at radius 3 is 2.55 bits per heavy atom. The lowest BCUT2D eigenvalue weighted by Crippen LogP contribution is -2.39. The lowest BCUT2D eigenvalue weighted by atomic mass is 10.3. The van der Waals surface area contributed by atoms with Crippen LogP contribution >= 0.6 is 34.5 Å². The highest BCUT2D eigenvalue weighted by Crippen LogP contribution is 2.33. The number of para-hydroxylation sites is 1. The molecule has 0 unspecified atom stereocenters. The standard InChI is InChI=1S/C20H21Cl2N3O4S2/c1-24(2)9-10-25(18(26)12-29-15-8-7-13(21)11-14(15)22)20-23-19-16(30-20)5-4-6-17(19)31(3,27)28/h4-8,11H,9-10,12H2,1-3H3. The average molecular weight is 502 g/mol. The summed E-state index contributed by atoms with van der Waals surface area (Å²) in [4.78, 5) is 21.1. The summed E-state index contributed by atoms with van der Waals surface area (Å²) in [7, 11) is 0.331. The molecule has 166 valence electrons. The van der Waals surface area contributed by atoms with Gasteiger partial charge < -0.3 is 9.64 Å². The van der Waals surface area contributed by atoms with Gasteiger partial charge in [-0.3, -0.25) is 9.69 Å². The second-order valence-corrected chi connectivity index (χ2v) is 10.9. The maximum Gasteiger partial charge on any atom is 0.266 e. The number of nitrogens with zero attached hydrogens (tertiary/aromatic N) is 3. The highest BCUT2D eigenvalue weighted by atomic mass is 35.5. The molecule has 31 heavy (non-hydrogen) atoms. The average Bonchev–Trinajstić information content (AvgIpc) is 3.10. The quantitative estimate of drug-likeness (QED) is 0.464. The summed E-state index contributed by atoms with van der Waals surface area (Å²) in [5.41, 5.74) is 0.356. The van der Waals surface area contributed by atoms with Crippen molar-refractivity contribution in [2.75, 3.05) is 44.9 Å². The number of halogens is 2. The fourth-order valence-corrected chi connectivity index (χ4v) is 5.16. The zero-order valence-electron chi connectivity index (χ0n) is 17.1. The van der Waals surface area contributed by atoms with Crippen LogP contribution in [0.5, 0.6) is 5.75 Å². The predicted octanol–water partition coefficient (Wildman–Crippen LogP) is 3.98. The summed E-state index contributed by atoms with van der Waals surface area (Å²) in [6.07, 6.45) is 1.14. The number of anilines is 1. The Morgan fingerprint density at radius 1 is 1.16 bits per heavy atom. The molecule has 3 rings (SSSR count). The van der Waals surface area contributed by atoms with E-state index in [1.165, 1.54) is 28.4 Å². The van der Waals surface area contributed by atoms with E-state index in [0.717, 1.165) is 6.26 Å². The molecule has 0 N–H and O–H groups in total. The molecule has 3 aromatic rings. The number of ether oxygens (including phenoxy) is 1. The Balaban J connectivity index is 1.90. The molecule has 1 amide bonds. The zero-order valence-corrected chi connectivity index (χ0v) is 20.3. The van der Waals surface area contributed by atoms with Gasteiger partial charge in [-0.15, -0.1) is 0 Å². The maximum atomic E-state index is 13.0. The molecule has 1 heterocycles. The molecule has 0 saturated heterocycles. The molecular weight excluding hydrogens is 481 g/mol. The van der Waals surface area contributed by atoms with Crippen molar-refractivity contribution in [1.82, 2.24) is 9.88 Å². The van der Waals surface area contributed by atoms with Crippen molar-refractivity contribution < 1.29 is 17.9 Å². The molecule has 0 aliphatic heterocycles. The fourth-order valence-electron chi connectivity index (χ4n) is 2.76. The molecule has 0 spiro atoms. The number of hydrogen-bond donors (Lipinski definition) is 0. The minimum atomic E-state index is -3.46. The molecule has 2 aromatic carbocycles. The van der Waals surface area contributed by atoms with E-state index in [9.17, 15) is 13.2 Å². The summed E-state index contributed by atoms with van der Waals surface area (Å²) in [5, 5.41) is 1.18. The Kier molecular flexibility index (Phi) is 7.43. The number of benzene rings is 2. The molecule has 0 atom stereocenters. The predicted molar refractivity (Wildman–Crippen MR) is 126 cm³/mol. The van der Waals surface area contributed by atoms with Crippen molar-refractivity contribution in [3.8, 4) is 5.75 Å². The van der Waals surface area contributed by atoms with E-state index in [-0.39, 0.29) is 17.4 Å². The monoisotopic (exact) mass is 501 g/mol. The van der Waals surface area contributed by atoms with Crippen molar-refractivity contribution in [3.63, 3.8) is 0 Å². The van der Waals surface area contributed by atoms with Crippen LogP contribution in [0.3, 0.4) is 0 Å². The summed E-state index contributed by atoms with van der Waals surface area (Å²) in [5.74, 6) is 0.0171. The number of likely N-dealkylation sites (N-methyl/N-ethyl adjacent to an activating group) is 1. The minimum Gasteiger partial charge on any atom is -0.482 e. The van der Waals surface area contributed by atoms with Gasteiger partial charge in [0, 0.05) is 24.4 Å². The van der Waals surface area contributed by atoms with Crippen LogP contribution in [0.4, 0.5) is 5.13 Å². The number of fused-ring (bicyclic) bond motifs is 1. The normalized spacial score (nSPS) is 11.8. The summed E-state index contributed by atoms with van der Waals surface area (Å²) in [6, 6.07) is 9.71. The number of thiazole rings is 1. The van der Waals surface area contributed by atoms with Gasteiger partial charge in [-0.05, 0) is 44.4 Å². The number of amides is 1. The van der Waals surface area contributed by atoms with Gasteiger partial charge in [0.2, 0.25) is 0 Å². The summed E-state index contributed by atoms with van der Waals surface area (Å²) in [6.45, 7) is 0.684. The smallest absolute Gasteiger partial charge is 0.266 e. The van der Waals surface area contributed by atoms with E-state index in [1.54, 1.807) is 24.3 Å². The van der Waals surface area contributed by atoms with Gasteiger partial charge in [0.25, 0.3) is 5.91 Å². The first-order valence-electron chi connectivity index (χ1n) is 9.19. The van der Waals surface area contributed by atoms with Crippen molar-refractivity contribution in [1.29, 1.82) is 0 Å². The van der Waals surface area contributed by atoms with Crippen LogP contribution in [0.15, 0.2) is 41.3 Å². The van der Waals surface area contributed by atoms with E-state index in [2.05, 4.69) is 4.98 Å². The van der Waals surface area contributed by atoms with Gasteiger partial charge in [-0.1, -0.05) is 40.6 Å². The largest absolute Gasteiger partial charge is 0.482 e. The first kappa shape index (κ1) is 23.7. The number of hydrogen-bond acceptors (Lipinski definition) is 7. The molecule has 0 radical (unpaired) electrons. The Labute approximate surface area is 195 Å². The lowest BCUT2D eigenvalue weighted by molar-refractivity contribution is -0.120. The second kappa shape index (κ2) is 9.70. The SMILES string of the molecule is CN(C)CCN(C(=O)COc1ccc(Cl)cc1Cl)c1nc2c(S(C)(=O)=O)cccc2s1. The van der Waals surface area contributed by atoms with Crippen LogP contribution in [0.2, 0.25) is 10.0 Å². The number of sulfone groups is 1. The van der Waals surface area contributed by atoms with Crippen LogP contribution in [-0.4, -0.2) is 64.3 Å². The fraction of sp³-hybridized carbons (Fsp3) is 0.300. The molecule has 0 bridgehead atoms. The topological polar surface area (TPSA) is 79.8 Å². The summed E-state index contributed by atoms with van der Waals surface area (Å²) < 4.78 is 30.5. The van der Waals surface area contributed by atoms with E-state index in [0.29, 0.717) is 44.2 Å². The minimum absolute atomic E-state index is 0.136. The van der Waals surface area contributed by atoms with Crippen LogP contribution in [0, 0.1) is 0 Å². The van der Waals surface area contributed by atoms with Crippen LogP contribution < -0.4 is 9.64 Å². The third-order valence-electron chi connectivity index (χ3n) is 4.32. The van der Waals surface area contributed by atoms with Crippen molar-refractivity contribution in [3.05, 3.63) is 46.4 Å². The van der Waals surface area contributed by atoms with E-state index < -0.39 is 9.84 Å². The Hall–Kier alpha value is -1.91. The first-order valence-corrected chi connectivity index (χ1v) is 12.6. The van der Waals surface area contributed by atoms with Crippen LogP contribution in [0.25, 0.3) is 10.2 Å². The van der Waals surface area contributed by atoms with Gasteiger partial charge in [0.05, 0.1) is 14.6 Å². The Bertz CT molecular complexity index is 1210. The molecule has 11 heteroatoms. The molecule has 0 saturated carbocycles. The van der Waals surface area contributed by atoms with E-state index in [4.69, 9.17) is 27.9 Å². The zero-order chi connectivity index (χ0) is 22.8. The Morgan fingerprint density at radius 2 is 1.90 bits per heavy atom. The van der Waals surface area contributed by atoms with Crippen molar-refractivity contribution in [2.45, 2.75) is 4.90 Å². The highest BCUT2D eigenvalue weighted by Gasteiger charge is 2.23. The summed E-state index contributed by atoms with van der Waals surface area (Å²) >= 11 is 13.3. The van der Waals surface area contributed by atoms with Gasteiger partial charge in [0.15, 0.2) is 21.6 Å². The number of carbonyl (C=O) groups excluding carboxylic acids is 1. The molecule has 7 nitrogen and oxygen atoms in total. The molecule has 0 aliphatic rings. The lowest BCUT2D eigenvalue weighted by Gasteiger charge is -2.22. The van der Waals surface area contributed by atoms with Gasteiger partial charge in [-0.25, -0.2) is 13.4 Å². The van der Waals surface area contributed by atoms with Gasteiger partial charge in [-0.2, -0.15) is 0 Å². The van der Waals surface area contributed by atoms with Crippen LogP contribution in [0.1, 0.15) is 0 Å². The molecule has 0 fully saturated rings. The van der Waals surface area contributed by atoms with Crippen LogP contribution in [-0.2, 0) is 14.6 Å². The third kappa shape index (κ3) is 5.87. The first-order chi connectivity index (χ1) is 14.6. The van der Waals surface area contributed by atoms with Crippen molar-refractivity contribution >= 4 is 65.6 Å². The van der Waals surface area contributed by atoms with Crippen molar-refractivity contribution in [2.24, 2.45) is 0 Å². The number of rotatable bonds is 8. The number of aromatic nitrogens is 1. The third-order valence-corrected chi connectivity index (χ3v) is 7.02. The van der Waals surface area contributed by atoms with Gasteiger partial charge >= 0.3 is 0 Å². The van der Waals surface area contributed by atoms with Gasteiger partial charge in [0.1, 0.15) is 11.3 Å². The van der Waals surface area contributed by atoms with E-state index >= 15 is 0 Å². The molecule has 0 aliphatic carbocycles. The maximum absolute atomic E-state index is 13.0. The molecular formula is C20H21Cl2N3O4S2. The second-order valence-electron chi connectivity index (χ2n) is 7.08. The van der Waals surface area contributed by atoms with E-state index in [1.807, 2.05) is 19.0 Å². The highest BCUT2D eigenvalue weighted by molar-refractivity contribution is 7.91.